The molecule has 25 heavy (non-hydrogen) atoms. The number of aromatic nitrogens is 1. The summed E-state index contributed by atoms with van der Waals surface area (Å²) < 4.78 is 5.15. The van der Waals surface area contributed by atoms with Crippen LogP contribution in [0.25, 0.3) is 0 Å². The van der Waals surface area contributed by atoms with E-state index in [0.29, 0.717) is 25.3 Å². The minimum absolute atomic E-state index is 0.0490. The van der Waals surface area contributed by atoms with Crippen molar-refractivity contribution in [3.05, 3.63) is 52.9 Å². The van der Waals surface area contributed by atoms with Gasteiger partial charge in [-0.25, -0.2) is 4.79 Å². The molecule has 2 N–H and O–H groups in total. The van der Waals surface area contributed by atoms with E-state index in [4.69, 9.17) is 4.52 Å². The van der Waals surface area contributed by atoms with Gasteiger partial charge >= 0.3 is 6.03 Å². The van der Waals surface area contributed by atoms with Crippen LogP contribution in [0.15, 0.2) is 34.9 Å². The summed E-state index contributed by atoms with van der Waals surface area (Å²) in [6.07, 6.45) is 3.62. The van der Waals surface area contributed by atoms with Crippen LogP contribution in [0, 0.1) is 6.92 Å². The van der Waals surface area contributed by atoms with E-state index in [9.17, 15) is 9.90 Å². The van der Waals surface area contributed by atoms with Crippen LogP contribution in [0.1, 0.15) is 47.9 Å². The Hall–Kier alpha value is -2.34. The molecule has 2 amide bonds. The molecule has 1 aliphatic carbocycles. The number of amides is 2. The van der Waals surface area contributed by atoms with E-state index in [1.54, 1.807) is 0 Å². The maximum Gasteiger partial charge on any atom is 0.318 e. The van der Waals surface area contributed by atoms with Gasteiger partial charge in [0.1, 0.15) is 0 Å². The SMILES string of the molecule is Cc1cc(CNC(=O)N(CCCO)C2CCCc3ccccc32)on1. The summed E-state index contributed by atoms with van der Waals surface area (Å²) in [5.74, 6) is 0.636. The second-order valence-electron chi connectivity index (χ2n) is 6.47. The first-order valence-electron chi connectivity index (χ1n) is 8.84. The lowest BCUT2D eigenvalue weighted by Crippen LogP contribution is -2.43. The van der Waals surface area contributed by atoms with E-state index < -0.39 is 0 Å². The van der Waals surface area contributed by atoms with Crippen LogP contribution in [0.2, 0.25) is 0 Å². The third-order valence-electron chi connectivity index (χ3n) is 4.62. The maximum absolute atomic E-state index is 12.8. The van der Waals surface area contributed by atoms with Gasteiger partial charge in [-0.2, -0.15) is 0 Å². The van der Waals surface area contributed by atoms with E-state index in [-0.39, 0.29) is 18.7 Å². The first kappa shape index (κ1) is 17.5. The van der Waals surface area contributed by atoms with Crippen molar-refractivity contribution in [1.82, 2.24) is 15.4 Å². The number of nitrogens with one attached hydrogen (secondary N) is 1. The van der Waals surface area contributed by atoms with E-state index in [2.05, 4.69) is 22.6 Å². The molecule has 0 fully saturated rings. The molecule has 1 unspecified atom stereocenters. The zero-order valence-electron chi connectivity index (χ0n) is 14.6. The lowest BCUT2D eigenvalue weighted by molar-refractivity contribution is 0.156. The molecule has 1 heterocycles. The molecule has 0 radical (unpaired) electrons. The van der Waals surface area contributed by atoms with Gasteiger partial charge in [0.25, 0.3) is 0 Å². The standard InChI is InChI=1S/C19H25N3O3/c1-14-12-16(25-21-14)13-20-19(24)22(10-5-11-23)18-9-4-7-15-6-2-3-8-17(15)18/h2-3,6,8,12,18,23H,4-5,7,9-11,13H2,1H3,(H,20,24). The third-order valence-corrected chi connectivity index (χ3v) is 4.62. The number of carbonyl (C=O) groups is 1. The number of hydrogen-bond donors (Lipinski definition) is 2. The molecule has 0 saturated carbocycles. The fourth-order valence-corrected chi connectivity index (χ4v) is 3.46. The molecule has 1 aliphatic rings. The number of rotatable bonds is 6. The van der Waals surface area contributed by atoms with Crippen LogP contribution in [-0.2, 0) is 13.0 Å². The molecule has 1 aromatic carbocycles. The molecule has 0 saturated heterocycles. The Balaban J connectivity index is 1.74. The normalized spacial score (nSPS) is 16.3. The summed E-state index contributed by atoms with van der Waals surface area (Å²) >= 11 is 0. The first-order valence-corrected chi connectivity index (χ1v) is 8.84. The zero-order valence-corrected chi connectivity index (χ0v) is 14.6. The smallest absolute Gasteiger partial charge is 0.318 e. The summed E-state index contributed by atoms with van der Waals surface area (Å²) in [4.78, 5) is 14.7. The molecule has 3 rings (SSSR count). The van der Waals surface area contributed by atoms with Crippen molar-refractivity contribution in [2.24, 2.45) is 0 Å². The van der Waals surface area contributed by atoms with Crippen LogP contribution < -0.4 is 5.32 Å². The third kappa shape index (κ3) is 4.20. The van der Waals surface area contributed by atoms with E-state index in [1.165, 1.54) is 11.1 Å². The molecule has 0 spiro atoms. The highest BCUT2D eigenvalue weighted by atomic mass is 16.5. The molecule has 0 aliphatic heterocycles. The Bertz CT molecular complexity index is 713. The number of nitrogens with zero attached hydrogens (tertiary/aromatic N) is 2. The zero-order chi connectivity index (χ0) is 17.6. The van der Waals surface area contributed by atoms with Crippen molar-refractivity contribution >= 4 is 6.03 Å². The summed E-state index contributed by atoms with van der Waals surface area (Å²) in [6.45, 7) is 2.75. The number of aliphatic hydroxyl groups is 1. The van der Waals surface area contributed by atoms with E-state index in [1.807, 2.05) is 30.0 Å². The number of aliphatic hydroxyl groups excluding tert-OH is 1. The first-order chi connectivity index (χ1) is 12.2. The molecule has 0 bridgehead atoms. The maximum atomic E-state index is 12.8. The number of carbonyl (C=O) groups excluding carboxylic acids is 1. The van der Waals surface area contributed by atoms with Crippen molar-refractivity contribution < 1.29 is 14.4 Å². The van der Waals surface area contributed by atoms with Gasteiger partial charge in [-0.05, 0) is 43.7 Å². The predicted octanol–water partition coefficient (Wildman–Crippen LogP) is 2.95. The minimum Gasteiger partial charge on any atom is -0.396 e. The summed E-state index contributed by atoms with van der Waals surface area (Å²) in [5, 5.41) is 16.0. The van der Waals surface area contributed by atoms with Gasteiger partial charge in [-0.15, -0.1) is 0 Å². The van der Waals surface area contributed by atoms with Crippen LogP contribution in [0.5, 0.6) is 0 Å². The molecule has 1 atom stereocenters. The molecule has 6 heteroatoms. The Morgan fingerprint density at radius 2 is 2.28 bits per heavy atom. The highest BCUT2D eigenvalue weighted by Crippen LogP contribution is 2.34. The second kappa shape index (κ2) is 8.16. The summed E-state index contributed by atoms with van der Waals surface area (Å²) in [7, 11) is 0. The molecular weight excluding hydrogens is 318 g/mol. The second-order valence-corrected chi connectivity index (χ2v) is 6.47. The molecule has 2 aromatic rings. The fraction of sp³-hybridized carbons (Fsp3) is 0.474. The number of benzene rings is 1. The largest absolute Gasteiger partial charge is 0.396 e. The Labute approximate surface area is 147 Å². The lowest BCUT2D eigenvalue weighted by atomic mass is 9.87. The summed E-state index contributed by atoms with van der Waals surface area (Å²) in [5.41, 5.74) is 3.33. The van der Waals surface area contributed by atoms with Crippen molar-refractivity contribution in [2.45, 2.75) is 45.2 Å². The average molecular weight is 343 g/mol. The van der Waals surface area contributed by atoms with Crippen LogP contribution in [0.3, 0.4) is 0 Å². The average Bonchev–Trinajstić information content (AvgIpc) is 3.05. The Morgan fingerprint density at radius 1 is 1.44 bits per heavy atom. The Kier molecular flexibility index (Phi) is 5.71. The van der Waals surface area contributed by atoms with Crippen molar-refractivity contribution in [3.63, 3.8) is 0 Å². The van der Waals surface area contributed by atoms with Crippen LogP contribution in [-0.4, -0.2) is 34.3 Å². The van der Waals surface area contributed by atoms with Gasteiger partial charge in [0.05, 0.1) is 18.3 Å². The highest BCUT2D eigenvalue weighted by molar-refractivity contribution is 5.74. The Morgan fingerprint density at radius 3 is 3.04 bits per heavy atom. The molecule has 1 aromatic heterocycles. The fourth-order valence-electron chi connectivity index (χ4n) is 3.46. The van der Waals surface area contributed by atoms with Crippen molar-refractivity contribution in [2.75, 3.05) is 13.2 Å². The van der Waals surface area contributed by atoms with Crippen LogP contribution >= 0.6 is 0 Å². The topological polar surface area (TPSA) is 78.6 Å². The van der Waals surface area contributed by atoms with E-state index >= 15 is 0 Å². The number of aryl methyl sites for hydroxylation is 2. The predicted molar refractivity (Wildman–Crippen MR) is 94.0 cm³/mol. The lowest BCUT2D eigenvalue weighted by Gasteiger charge is -2.36. The van der Waals surface area contributed by atoms with Gasteiger partial charge in [0.2, 0.25) is 0 Å². The number of fused-ring (bicyclic) bond motifs is 1. The van der Waals surface area contributed by atoms with Crippen molar-refractivity contribution in [1.29, 1.82) is 0 Å². The van der Waals surface area contributed by atoms with Crippen LogP contribution in [0.4, 0.5) is 4.79 Å². The number of urea groups is 1. The quantitative estimate of drug-likeness (QED) is 0.845. The van der Waals surface area contributed by atoms with E-state index in [0.717, 1.165) is 25.0 Å². The van der Waals surface area contributed by atoms with Gasteiger partial charge in [0.15, 0.2) is 5.76 Å². The minimum atomic E-state index is -0.135. The molecular formula is C19H25N3O3. The highest BCUT2D eigenvalue weighted by Gasteiger charge is 2.28. The van der Waals surface area contributed by atoms with Gasteiger partial charge in [-0.1, -0.05) is 29.4 Å². The molecule has 134 valence electrons. The molecule has 6 nitrogen and oxygen atoms in total. The monoisotopic (exact) mass is 343 g/mol. The number of hydrogen-bond acceptors (Lipinski definition) is 4. The van der Waals surface area contributed by atoms with Gasteiger partial charge in [0, 0.05) is 19.2 Å². The van der Waals surface area contributed by atoms with Gasteiger partial charge in [-0.3, -0.25) is 0 Å². The van der Waals surface area contributed by atoms with Gasteiger partial charge < -0.3 is 19.8 Å². The summed E-state index contributed by atoms with van der Waals surface area (Å²) in [6, 6.07) is 10.0. The van der Waals surface area contributed by atoms with Crippen molar-refractivity contribution in [3.8, 4) is 0 Å².